The number of nitrogen functional groups attached to an aromatic ring is 1. The van der Waals surface area contributed by atoms with Crippen molar-refractivity contribution in [1.82, 2.24) is 0 Å². The first-order valence-electron chi connectivity index (χ1n) is 4.99. The number of hydrogen-bond acceptors (Lipinski definition) is 3. The second-order valence-corrected chi connectivity index (χ2v) is 5.25. The summed E-state index contributed by atoms with van der Waals surface area (Å²) in [5.74, 6) is -0.288. The molecule has 15 heavy (non-hydrogen) atoms. The standard InChI is InChI=1S/C11H15FN2S/c1-15-11(4-5-11)7-14-10-3-2-8(12)6-9(10)13/h2-3,6,14H,4-5,7,13H2,1H3. The van der Waals surface area contributed by atoms with Crippen molar-refractivity contribution in [1.29, 1.82) is 0 Å². The Morgan fingerprint density at radius 1 is 1.53 bits per heavy atom. The molecule has 1 aromatic carbocycles. The van der Waals surface area contributed by atoms with Gasteiger partial charge in [-0.25, -0.2) is 4.39 Å². The molecular weight excluding hydrogens is 211 g/mol. The van der Waals surface area contributed by atoms with Crippen molar-refractivity contribution < 1.29 is 4.39 Å². The van der Waals surface area contributed by atoms with Crippen molar-refractivity contribution in [3.05, 3.63) is 24.0 Å². The van der Waals surface area contributed by atoms with Crippen molar-refractivity contribution in [2.75, 3.05) is 23.9 Å². The Morgan fingerprint density at radius 3 is 2.80 bits per heavy atom. The molecule has 1 aliphatic rings. The number of anilines is 2. The van der Waals surface area contributed by atoms with Crippen LogP contribution in [0.5, 0.6) is 0 Å². The Labute approximate surface area is 93.4 Å². The van der Waals surface area contributed by atoms with E-state index in [2.05, 4.69) is 11.6 Å². The highest BCUT2D eigenvalue weighted by Crippen LogP contribution is 2.47. The first-order chi connectivity index (χ1) is 7.15. The highest BCUT2D eigenvalue weighted by atomic mass is 32.2. The topological polar surface area (TPSA) is 38.0 Å². The van der Waals surface area contributed by atoms with Gasteiger partial charge in [-0.15, -0.1) is 0 Å². The van der Waals surface area contributed by atoms with Crippen LogP contribution in [0.15, 0.2) is 18.2 Å². The lowest BCUT2D eigenvalue weighted by Crippen LogP contribution is -2.18. The molecule has 1 fully saturated rings. The van der Waals surface area contributed by atoms with Crippen LogP contribution < -0.4 is 11.1 Å². The molecule has 1 aliphatic carbocycles. The third-order valence-corrected chi connectivity index (χ3v) is 4.27. The molecule has 0 radical (unpaired) electrons. The van der Waals surface area contributed by atoms with E-state index in [1.54, 1.807) is 6.07 Å². The first-order valence-corrected chi connectivity index (χ1v) is 6.22. The highest BCUT2D eigenvalue weighted by molar-refractivity contribution is 8.00. The van der Waals surface area contributed by atoms with Gasteiger partial charge >= 0.3 is 0 Å². The molecule has 0 bridgehead atoms. The number of hydrogen-bond donors (Lipinski definition) is 2. The molecular formula is C11H15FN2S. The van der Waals surface area contributed by atoms with Crippen LogP contribution >= 0.6 is 11.8 Å². The number of nitrogens with one attached hydrogen (secondary N) is 1. The van der Waals surface area contributed by atoms with Gasteiger partial charge in [0.15, 0.2) is 0 Å². The molecule has 3 N–H and O–H groups in total. The van der Waals surface area contributed by atoms with Crippen molar-refractivity contribution in [2.24, 2.45) is 0 Å². The fraction of sp³-hybridized carbons (Fsp3) is 0.455. The second-order valence-electron chi connectivity index (χ2n) is 3.97. The summed E-state index contributed by atoms with van der Waals surface area (Å²) >= 11 is 1.89. The van der Waals surface area contributed by atoms with Crippen molar-refractivity contribution in [3.8, 4) is 0 Å². The molecule has 0 spiro atoms. The van der Waals surface area contributed by atoms with E-state index in [9.17, 15) is 4.39 Å². The van der Waals surface area contributed by atoms with Gasteiger partial charge in [-0.3, -0.25) is 0 Å². The van der Waals surface area contributed by atoms with Gasteiger partial charge in [-0.05, 0) is 37.3 Å². The summed E-state index contributed by atoms with van der Waals surface area (Å²) < 4.78 is 13.2. The van der Waals surface area contributed by atoms with Crippen LogP contribution in [-0.2, 0) is 0 Å². The van der Waals surface area contributed by atoms with Crippen molar-refractivity contribution in [2.45, 2.75) is 17.6 Å². The fourth-order valence-corrected chi connectivity index (χ4v) is 2.27. The molecule has 0 amide bonds. The van der Waals surface area contributed by atoms with E-state index in [1.165, 1.54) is 25.0 Å². The first kappa shape index (κ1) is 10.6. The minimum atomic E-state index is -0.288. The molecule has 1 saturated carbocycles. The summed E-state index contributed by atoms with van der Waals surface area (Å²) in [4.78, 5) is 0. The molecule has 0 heterocycles. The average Bonchev–Trinajstić information content (AvgIpc) is 2.97. The zero-order chi connectivity index (χ0) is 10.9. The van der Waals surface area contributed by atoms with E-state index < -0.39 is 0 Å². The maximum absolute atomic E-state index is 12.8. The number of halogens is 1. The Balaban J connectivity index is 1.99. The molecule has 1 aromatic rings. The Hall–Kier alpha value is -0.900. The third kappa shape index (κ3) is 2.37. The SMILES string of the molecule is CSC1(CNc2ccc(F)cc2N)CC1. The van der Waals surface area contributed by atoms with E-state index in [1.807, 2.05) is 11.8 Å². The summed E-state index contributed by atoms with van der Waals surface area (Å²) in [6.45, 7) is 0.907. The third-order valence-electron chi connectivity index (χ3n) is 2.86. The Bertz CT molecular complexity index is 364. The van der Waals surface area contributed by atoms with Gasteiger partial charge in [0.1, 0.15) is 5.82 Å². The maximum atomic E-state index is 12.8. The number of nitrogens with two attached hydrogens (primary N) is 1. The maximum Gasteiger partial charge on any atom is 0.125 e. The number of benzene rings is 1. The minimum absolute atomic E-state index is 0.288. The molecule has 0 saturated heterocycles. The molecule has 0 atom stereocenters. The fourth-order valence-electron chi connectivity index (χ4n) is 1.54. The van der Waals surface area contributed by atoms with Gasteiger partial charge in [0, 0.05) is 11.3 Å². The van der Waals surface area contributed by atoms with Gasteiger partial charge < -0.3 is 11.1 Å². The lowest BCUT2D eigenvalue weighted by atomic mass is 10.2. The molecule has 0 aromatic heterocycles. The zero-order valence-corrected chi connectivity index (χ0v) is 9.53. The lowest BCUT2D eigenvalue weighted by molar-refractivity contribution is 0.628. The zero-order valence-electron chi connectivity index (χ0n) is 8.72. The molecule has 0 aliphatic heterocycles. The molecule has 82 valence electrons. The Morgan fingerprint density at radius 2 is 2.27 bits per heavy atom. The summed E-state index contributed by atoms with van der Waals surface area (Å²) in [5.41, 5.74) is 7.01. The van der Waals surface area contributed by atoms with E-state index >= 15 is 0 Å². The van der Waals surface area contributed by atoms with Crippen LogP contribution in [0.25, 0.3) is 0 Å². The smallest absolute Gasteiger partial charge is 0.125 e. The van der Waals surface area contributed by atoms with Gasteiger partial charge in [0.05, 0.1) is 11.4 Å². The van der Waals surface area contributed by atoms with Crippen LogP contribution in [0.2, 0.25) is 0 Å². The van der Waals surface area contributed by atoms with Crippen LogP contribution in [0.1, 0.15) is 12.8 Å². The monoisotopic (exact) mass is 226 g/mol. The number of thioether (sulfide) groups is 1. The molecule has 0 unspecified atom stereocenters. The predicted molar refractivity (Wildman–Crippen MR) is 64.8 cm³/mol. The van der Waals surface area contributed by atoms with Crippen LogP contribution in [0.4, 0.5) is 15.8 Å². The summed E-state index contributed by atoms with van der Waals surface area (Å²) in [5, 5.41) is 3.28. The van der Waals surface area contributed by atoms with Crippen LogP contribution in [-0.4, -0.2) is 17.5 Å². The van der Waals surface area contributed by atoms with Gasteiger partial charge in [0.2, 0.25) is 0 Å². The van der Waals surface area contributed by atoms with Gasteiger partial charge in [0.25, 0.3) is 0 Å². The predicted octanol–water partition coefficient (Wildman–Crippen LogP) is 2.72. The van der Waals surface area contributed by atoms with Gasteiger partial charge in [-0.1, -0.05) is 0 Å². The summed E-state index contributed by atoms with van der Waals surface area (Å²) in [6.07, 6.45) is 4.63. The highest BCUT2D eigenvalue weighted by Gasteiger charge is 2.41. The van der Waals surface area contributed by atoms with Crippen molar-refractivity contribution >= 4 is 23.1 Å². The van der Waals surface area contributed by atoms with Crippen LogP contribution in [0, 0.1) is 5.82 Å². The summed E-state index contributed by atoms with van der Waals surface area (Å²) in [6, 6.07) is 4.47. The van der Waals surface area contributed by atoms with E-state index in [0.29, 0.717) is 10.4 Å². The van der Waals surface area contributed by atoms with E-state index in [0.717, 1.165) is 12.2 Å². The second kappa shape index (κ2) is 3.93. The normalized spacial score (nSPS) is 17.5. The molecule has 2 rings (SSSR count). The van der Waals surface area contributed by atoms with Crippen molar-refractivity contribution in [3.63, 3.8) is 0 Å². The number of rotatable bonds is 4. The quantitative estimate of drug-likeness (QED) is 0.775. The average molecular weight is 226 g/mol. The van der Waals surface area contributed by atoms with E-state index in [-0.39, 0.29) is 5.82 Å². The molecule has 4 heteroatoms. The lowest BCUT2D eigenvalue weighted by Gasteiger charge is -2.15. The van der Waals surface area contributed by atoms with Gasteiger partial charge in [-0.2, -0.15) is 11.8 Å². The van der Waals surface area contributed by atoms with E-state index in [4.69, 9.17) is 5.73 Å². The minimum Gasteiger partial charge on any atom is -0.397 e. The Kier molecular flexibility index (Phi) is 2.78. The largest absolute Gasteiger partial charge is 0.397 e. The summed E-state index contributed by atoms with van der Waals surface area (Å²) in [7, 11) is 0. The van der Waals surface area contributed by atoms with Crippen LogP contribution in [0.3, 0.4) is 0 Å². The molecule has 2 nitrogen and oxygen atoms in total.